The van der Waals surface area contributed by atoms with Crippen LogP contribution in [0.25, 0.3) is 0 Å². The lowest BCUT2D eigenvalue weighted by Gasteiger charge is -2.09. The van der Waals surface area contributed by atoms with Gasteiger partial charge in [-0.1, -0.05) is 17.7 Å². The SMILES string of the molecule is Cc1cc(N)cc(NCc2ccc(F)c(Cl)c2)c1. The van der Waals surface area contributed by atoms with E-state index in [4.69, 9.17) is 17.3 Å². The number of nitrogen functional groups attached to an aromatic ring is 1. The molecule has 0 aliphatic heterocycles. The van der Waals surface area contributed by atoms with E-state index in [1.807, 2.05) is 25.1 Å². The number of hydrogen-bond acceptors (Lipinski definition) is 2. The summed E-state index contributed by atoms with van der Waals surface area (Å²) in [6.45, 7) is 2.55. The first-order chi connectivity index (χ1) is 8.54. The second-order valence-electron chi connectivity index (χ2n) is 4.23. The van der Waals surface area contributed by atoms with Gasteiger partial charge in [0.25, 0.3) is 0 Å². The molecule has 4 heteroatoms. The number of benzene rings is 2. The molecule has 0 aliphatic rings. The zero-order valence-electron chi connectivity index (χ0n) is 10.0. The van der Waals surface area contributed by atoms with Gasteiger partial charge in [0.2, 0.25) is 0 Å². The standard InChI is InChI=1S/C14H14ClFN2/c1-9-4-11(17)7-12(5-9)18-8-10-2-3-14(16)13(15)6-10/h2-7,18H,8,17H2,1H3. The minimum atomic E-state index is -0.403. The Morgan fingerprint density at radius 2 is 2.00 bits per heavy atom. The Morgan fingerprint density at radius 3 is 2.67 bits per heavy atom. The average Bonchev–Trinajstić information content (AvgIpc) is 2.29. The molecular weight excluding hydrogens is 251 g/mol. The highest BCUT2D eigenvalue weighted by atomic mass is 35.5. The van der Waals surface area contributed by atoms with Gasteiger partial charge in [-0.05, 0) is 48.4 Å². The Balaban J connectivity index is 2.08. The van der Waals surface area contributed by atoms with Gasteiger partial charge >= 0.3 is 0 Å². The molecule has 0 spiro atoms. The highest BCUT2D eigenvalue weighted by molar-refractivity contribution is 6.30. The van der Waals surface area contributed by atoms with E-state index >= 15 is 0 Å². The van der Waals surface area contributed by atoms with Crippen molar-refractivity contribution in [2.24, 2.45) is 0 Å². The van der Waals surface area contributed by atoms with E-state index in [0.717, 1.165) is 22.5 Å². The summed E-state index contributed by atoms with van der Waals surface area (Å²) in [4.78, 5) is 0. The van der Waals surface area contributed by atoms with Crippen LogP contribution in [0.5, 0.6) is 0 Å². The summed E-state index contributed by atoms with van der Waals surface area (Å²) >= 11 is 5.72. The van der Waals surface area contributed by atoms with Crippen LogP contribution in [0, 0.1) is 12.7 Å². The van der Waals surface area contributed by atoms with Crippen molar-refractivity contribution in [3.05, 3.63) is 58.4 Å². The molecule has 94 valence electrons. The Morgan fingerprint density at radius 1 is 1.22 bits per heavy atom. The lowest BCUT2D eigenvalue weighted by molar-refractivity contribution is 0.627. The normalized spacial score (nSPS) is 10.4. The lowest BCUT2D eigenvalue weighted by atomic mass is 10.2. The Bertz CT molecular complexity index is 549. The molecule has 0 saturated carbocycles. The van der Waals surface area contributed by atoms with E-state index in [-0.39, 0.29) is 5.02 Å². The molecule has 0 aliphatic carbocycles. The molecule has 3 N–H and O–H groups in total. The molecule has 2 aromatic rings. The van der Waals surface area contributed by atoms with E-state index in [1.54, 1.807) is 12.1 Å². The summed E-state index contributed by atoms with van der Waals surface area (Å²) in [6, 6.07) is 10.4. The number of rotatable bonds is 3. The molecule has 0 atom stereocenters. The maximum Gasteiger partial charge on any atom is 0.141 e. The van der Waals surface area contributed by atoms with Crippen LogP contribution in [-0.4, -0.2) is 0 Å². The summed E-state index contributed by atoms with van der Waals surface area (Å²) in [5, 5.41) is 3.37. The van der Waals surface area contributed by atoms with Crippen molar-refractivity contribution in [3.8, 4) is 0 Å². The quantitative estimate of drug-likeness (QED) is 0.823. The van der Waals surface area contributed by atoms with Gasteiger partial charge in [0.1, 0.15) is 5.82 Å². The topological polar surface area (TPSA) is 38.0 Å². The van der Waals surface area contributed by atoms with Gasteiger partial charge in [-0.3, -0.25) is 0 Å². The van der Waals surface area contributed by atoms with Gasteiger partial charge in [-0.25, -0.2) is 4.39 Å². The van der Waals surface area contributed by atoms with Gasteiger partial charge in [0.15, 0.2) is 0 Å². The molecule has 0 heterocycles. The molecule has 2 nitrogen and oxygen atoms in total. The van der Waals surface area contributed by atoms with Crippen LogP contribution in [0.1, 0.15) is 11.1 Å². The zero-order valence-corrected chi connectivity index (χ0v) is 10.8. The molecule has 0 amide bonds. The summed E-state index contributed by atoms with van der Waals surface area (Å²) in [6.07, 6.45) is 0. The second kappa shape index (κ2) is 5.27. The fraction of sp³-hybridized carbons (Fsp3) is 0.143. The maximum atomic E-state index is 13.0. The number of aryl methyl sites for hydroxylation is 1. The molecule has 18 heavy (non-hydrogen) atoms. The molecule has 0 bridgehead atoms. The average molecular weight is 265 g/mol. The van der Waals surface area contributed by atoms with Crippen molar-refractivity contribution in [2.75, 3.05) is 11.1 Å². The van der Waals surface area contributed by atoms with Crippen molar-refractivity contribution in [1.29, 1.82) is 0 Å². The Kier molecular flexibility index (Phi) is 3.72. The predicted molar refractivity (Wildman–Crippen MR) is 74.3 cm³/mol. The van der Waals surface area contributed by atoms with Crippen molar-refractivity contribution < 1.29 is 4.39 Å². The molecule has 2 aromatic carbocycles. The zero-order chi connectivity index (χ0) is 13.1. The van der Waals surface area contributed by atoms with E-state index < -0.39 is 5.82 Å². The van der Waals surface area contributed by atoms with Crippen LogP contribution in [0.2, 0.25) is 5.02 Å². The van der Waals surface area contributed by atoms with Gasteiger partial charge in [-0.2, -0.15) is 0 Å². The molecule has 0 unspecified atom stereocenters. The van der Waals surface area contributed by atoms with E-state index in [0.29, 0.717) is 6.54 Å². The van der Waals surface area contributed by atoms with Crippen LogP contribution in [0.3, 0.4) is 0 Å². The van der Waals surface area contributed by atoms with Gasteiger partial charge in [-0.15, -0.1) is 0 Å². The number of hydrogen-bond donors (Lipinski definition) is 2. The Hall–Kier alpha value is -1.74. The third-order valence-electron chi connectivity index (χ3n) is 2.58. The van der Waals surface area contributed by atoms with Gasteiger partial charge in [0.05, 0.1) is 5.02 Å². The Labute approximate surface area is 111 Å². The molecule has 0 fully saturated rings. The minimum absolute atomic E-state index is 0.137. The molecule has 0 saturated heterocycles. The fourth-order valence-electron chi connectivity index (χ4n) is 1.77. The summed E-state index contributed by atoms with van der Waals surface area (Å²) in [5.74, 6) is -0.403. The number of halogens is 2. The lowest BCUT2D eigenvalue weighted by Crippen LogP contribution is -2.00. The number of nitrogens with one attached hydrogen (secondary N) is 1. The highest BCUT2D eigenvalue weighted by Gasteiger charge is 2.01. The maximum absolute atomic E-state index is 13.0. The summed E-state index contributed by atoms with van der Waals surface area (Å²) in [7, 11) is 0. The third-order valence-corrected chi connectivity index (χ3v) is 2.87. The van der Waals surface area contributed by atoms with Crippen LogP contribution >= 0.6 is 11.6 Å². The van der Waals surface area contributed by atoms with E-state index in [1.165, 1.54) is 6.07 Å². The minimum Gasteiger partial charge on any atom is -0.399 e. The molecule has 0 radical (unpaired) electrons. The first-order valence-electron chi connectivity index (χ1n) is 5.59. The van der Waals surface area contributed by atoms with E-state index in [9.17, 15) is 4.39 Å². The van der Waals surface area contributed by atoms with Gasteiger partial charge in [0, 0.05) is 17.9 Å². The first-order valence-corrected chi connectivity index (χ1v) is 5.97. The van der Waals surface area contributed by atoms with Crippen molar-refractivity contribution in [3.63, 3.8) is 0 Å². The third kappa shape index (κ3) is 3.14. The first kappa shape index (κ1) is 12.7. The molecular formula is C14H14ClFN2. The van der Waals surface area contributed by atoms with Crippen molar-refractivity contribution >= 4 is 23.0 Å². The van der Waals surface area contributed by atoms with Crippen LogP contribution in [0.15, 0.2) is 36.4 Å². The number of anilines is 2. The van der Waals surface area contributed by atoms with Crippen molar-refractivity contribution in [2.45, 2.75) is 13.5 Å². The second-order valence-corrected chi connectivity index (χ2v) is 4.64. The fourth-order valence-corrected chi connectivity index (χ4v) is 1.97. The van der Waals surface area contributed by atoms with Gasteiger partial charge < -0.3 is 11.1 Å². The largest absolute Gasteiger partial charge is 0.399 e. The van der Waals surface area contributed by atoms with Crippen LogP contribution in [0.4, 0.5) is 15.8 Å². The molecule has 0 aromatic heterocycles. The highest BCUT2D eigenvalue weighted by Crippen LogP contribution is 2.19. The summed E-state index contributed by atoms with van der Waals surface area (Å²) in [5.41, 5.74) is 9.43. The van der Waals surface area contributed by atoms with E-state index in [2.05, 4.69) is 5.32 Å². The number of nitrogens with two attached hydrogens (primary N) is 1. The monoisotopic (exact) mass is 264 g/mol. The van der Waals surface area contributed by atoms with Crippen LogP contribution in [-0.2, 0) is 6.54 Å². The summed E-state index contributed by atoms with van der Waals surface area (Å²) < 4.78 is 13.0. The smallest absolute Gasteiger partial charge is 0.141 e. The predicted octanol–water partition coefficient (Wildman–Crippen LogP) is 3.98. The van der Waals surface area contributed by atoms with Crippen LogP contribution < -0.4 is 11.1 Å². The molecule has 2 rings (SSSR count). The van der Waals surface area contributed by atoms with Crippen molar-refractivity contribution in [1.82, 2.24) is 0 Å².